The van der Waals surface area contributed by atoms with E-state index in [1.165, 1.54) is 0 Å². The number of anilines is 1. The van der Waals surface area contributed by atoms with Crippen LogP contribution in [0.15, 0.2) is 12.1 Å². The molecule has 1 aliphatic carbocycles. The second-order valence-corrected chi connectivity index (χ2v) is 5.76. The van der Waals surface area contributed by atoms with Crippen LogP contribution in [-0.4, -0.2) is 11.9 Å². The molecule has 1 amide bonds. The van der Waals surface area contributed by atoms with Gasteiger partial charge in [0.05, 0.1) is 5.69 Å². The van der Waals surface area contributed by atoms with Gasteiger partial charge in [-0.25, -0.2) is 8.78 Å². The van der Waals surface area contributed by atoms with Crippen LogP contribution in [-0.2, 0) is 0 Å². The van der Waals surface area contributed by atoms with Gasteiger partial charge in [0.25, 0.3) is 5.91 Å². The molecule has 3 unspecified atom stereocenters. The van der Waals surface area contributed by atoms with Crippen molar-refractivity contribution in [3.8, 4) is 0 Å². The first kappa shape index (κ1) is 14.8. The molecule has 3 nitrogen and oxygen atoms in total. The van der Waals surface area contributed by atoms with E-state index in [1.807, 2.05) is 0 Å². The van der Waals surface area contributed by atoms with Gasteiger partial charge in [0, 0.05) is 6.04 Å². The molecule has 0 spiro atoms. The molecule has 0 heterocycles. The van der Waals surface area contributed by atoms with Gasteiger partial charge in [-0.15, -0.1) is 0 Å². The van der Waals surface area contributed by atoms with E-state index in [0.29, 0.717) is 11.8 Å². The quantitative estimate of drug-likeness (QED) is 0.819. The van der Waals surface area contributed by atoms with Gasteiger partial charge in [-0.05, 0) is 43.2 Å². The molecule has 0 bridgehead atoms. The van der Waals surface area contributed by atoms with E-state index in [4.69, 9.17) is 5.73 Å². The minimum Gasteiger partial charge on any atom is -0.396 e. The van der Waals surface area contributed by atoms with Crippen molar-refractivity contribution in [3.63, 3.8) is 0 Å². The van der Waals surface area contributed by atoms with Crippen LogP contribution in [0.2, 0.25) is 0 Å². The topological polar surface area (TPSA) is 55.1 Å². The Labute approximate surface area is 117 Å². The van der Waals surface area contributed by atoms with Gasteiger partial charge in [-0.2, -0.15) is 0 Å². The number of rotatable bonds is 2. The number of nitrogens with one attached hydrogen (secondary N) is 1. The van der Waals surface area contributed by atoms with E-state index in [-0.39, 0.29) is 11.7 Å². The number of amides is 1. The molecule has 5 heteroatoms. The average Bonchev–Trinajstić information content (AvgIpc) is 2.39. The summed E-state index contributed by atoms with van der Waals surface area (Å²) in [5.74, 6) is -1.49. The number of nitrogen functional groups attached to an aromatic ring is 1. The largest absolute Gasteiger partial charge is 0.396 e. The maximum atomic E-state index is 13.8. The number of carbonyl (C=O) groups excluding carboxylic acids is 1. The van der Waals surface area contributed by atoms with E-state index in [2.05, 4.69) is 19.2 Å². The molecule has 0 aliphatic heterocycles. The maximum absolute atomic E-state index is 13.8. The normalized spacial score (nSPS) is 26.3. The fourth-order valence-corrected chi connectivity index (χ4v) is 2.71. The van der Waals surface area contributed by atoms with Crippen molar-refractivity contribution < 1.29 is 13.6 Å². The van der Waals surface area contributed by atoms with Crippen molar-refractivity contribution in [2.24, 2.45) is 11.8 Å². The summed E-state index contributed by atoms with van der Waals surface area (Å²) >= 11 is 0. The first-order valence-electron chi connectivity index (χ1n) is 6.94. The molecule has 1 aromatic carbocycles. The van der Waals surface area contributed by atoms with Gasteiger partial charge in [-0.1, -0.05) is 13.8 Å². The van der Waals surface area contributed by atoms with Gasteiger partial charge >= 0.3 is 0 Å². The number of nitrogens with two attached hydrogens (primary N) is 1. The van der Waals surface area contributed by atoms with E-state index in [1.54, 1.807) is 0 Å². The highest BCUT2D eigenvalue weighted by Crippen LogP contribution is 2.29. The van der Waals surface area contributed by atoms with Gasteiger partial charge in [0.15, 0.2) is 5.82 Å². The molecule has 110 valence electrons. The zero-order valence-corrected chi connectivity index (χ0v) is 11.7. The molecule has 0 radical (unpaired) electrons. The number of benzene rings is 1. The molecule has 0 saturated heterocycles. The van der Waals surface area contributed by atoms with Crippen molar-refractivity contribution in [3.05, 3.63) is 29.3 Å². The Bertz CT molecular complexity index is 519. The van der Waals surface area contributed by atoms with Crippen LogP contribution in [0.5, 0.6) is 0 Å². The molecule has 1 saturated carbocycles. The number of hydrogen-bond donors (Lipinski definition) is 2. The van der Waals surface area contributed by atoms with Gasteiger partial charge in [0.1, 0.15) is 11.4 Å². The minimum atomic E-state index is -0.986. The summed E-state index contributed by atoms with van der Waals surface area (Å²) in [6, 6.07) is 2.10. The van der Waals surface area contributed by atoms with Crippen molar-refractivity contribution in [1.82, 2.24) is 5.32 Å². The van der Waals surface area contributed by atoms with E-state index in [0.717, 1.165) is 31.4 Å². The van der Waals surface area contributed by atoms with Crippen LogP contribution < -0.4 is 11.1 Å². The Kier molecular flexibility index (Phi) is 4.26. The van der Waals surface area contributed by atoms with Crippen molar-refractivity contribution in [2.45, 2.75) is 39.2 Å². The third-order valence-electron chi connectivity index (χ3n) is 4.28. The molecule has 1 aromatic rings. The Morgan fingerprint density at radius 1 is 1.25 bits per heavy atom. The fraction of sp³-hybridized carbons (Fsp3) is 0.533. The summed E-state index contributed by atoms with van der Waals surface area (Å²) < 4.78 is 27.4. The summed E-state index contributed by atoms with van der Waals surface area (Å²) in [6.45, 7) is 4.31. The van der Waals surface area contributed by atoms with Crippen LogP contribution in [0.4, 0.5) is 14.5 Å². The third-order valence-corrected chi connectivity index (χ3v) is 4.28. The molecule has 2 rings (SSSR count). The maximum Gasteiger partial charge on any atom is 0.257 e. The molecule has 3 atom stereocenters. The Balaban J connectivity index is 2.11. The summed E-state index contributed by atoms with van der Waals surface area (Å²) in [7, 11) is 0. The summed E-state index contributed by atoms with van der Waals surface area (Å²) in [5.41, 5.74) is 4.57. The lowest BCUT2D eigenvalue weighted by Crippen LogP contribution is -2.40. The molecular weight excluding hydrogens is 262 g/mol. The van der Waals surface area contributed by atoms with Gasteiger partial charge < -0.3 is 11.1 Å². The monoisotopic (exact) mass is 282 g/mol. The van der Waals surface area contributed by atoms with Crippen LogP contribution in [0.3, 0.4) is 0 Å². The lowest BCUT2D eigenvalue weighted by atomic mass is 9.79. The van der Waals surface area contributed by atoms with E-state index < -0.39 is 23.1 Å². The van der Waals surface area contributed by atoms with Gasteiger partial charge in [0.2, 0.25) is 0 Å². The lowest BCUT2D eigenvalue weighted by Gasteiger charge is -2.32. The summed E-state index contributed by atoms with van der Waals surface area (Å²) in [6.07, 6.45) is 2.68. The SMILES string of the molecule is CC1CCC(NC(=O)c2c(F)ccc(N)c2F)CC1C. The summed E-state index contributed by atoms with van der Waals surface area (Å²) in [4.78, 5) is 12.0. The Morgan fingerprint density at radius 2 is 1.95 bits per heavy atom. The molecule has 20 heavy (non-hydrogen) atoms. The van der Waals surface area contributed by atoms with Gasteiger partial charge in [-0.3, -0.25) is 4.79 Å². The number of halogens is 2. The Morgan fingerprint density at radius 3 is 2.60 bits per heavy atom. The van der Waals surface area contributed by atoms with Crippen molar-refractivity contribution >= 4 is 11.6 Å². The zero-order chi connectivity index (χ0) is 14.9. The summed E-state index contributed by atoms with van der Waals surface area (Å²) in [5, 5.41) is 2.72. The number of carbonyl (C=O) groups is 1. The minimum absolute atomic E-state index is 0.0334. The molecular formula is C15H20F2N2O. The third kappa shape index (κ3) is 2.92. The van der Waals surface area contributed by atoms with Crippen LogP contribution in [0.25, 0.3) is 0 Å². The second-order valence-electron chi connectivity index (χ2n) is 5.76. The smallest absolute Gasteiger partial charge is 0.257 e. The molecule has 3 N–H and O–H groups in total. The lowest BCUT2D eigenvalue weighted by molar-refractivity contribution is 0.0902. The van der Waals surface area contributed by atoms with E-state index in [9.17, 15) is 13.6 Å². The predicted octanol–water partition coefficient (Wildman–Crippen LogP) is 3.10. The first-order chi connectivity index (χ1) is 9.40. The number of hydrogen-bond acceptors (Lipinski definition) is 2. The highest BCUT2D eigenvalue weighted by atomic mass is 19.1. The van der Waals surface area contributed by atoms with Crippen molar-refractivity contribution in [2.75, 3.05) is 5.73 Å². The molecule has 1 aliphatic rings. The highest BCUT2D eigenvalue weighted by Gasteiger charge is 2.27. The molecule has 0 aromatic heterocycles. The standard InChI is InChI=1S/C15H20F2N2O/c1-8-3-4-10(7-9(8)2)19-15(20)13-11(16)5-6-12(18)14(13)17/h5-6,8-10H,3-4,7,18H2,1-2H3,(H,19,20). The van der Waals surface area contributed by atoms with Crippen LogP contribution in [0, 0.1) is 23.5 Å². The molecule has 1 fully saturated rings. The van der Waals surface area contributed by atoms with Crippen LogP contribution in [0.1, 0.15) is 43.5 Å². The van der Waals surface area contributed by atoms with E-state index >= 15 is 0 Å². The van der Waals surface area contributed by atoms with Crippen LogP contribution >= 0.6 is 0 Å². The predicted molar refractivity (Wildman–Crippen MR) is 74.2 cm³/mol. The first-order valence-corrected chi connectivity index (χ1v) is 6.94. The zero-order valence-electron chi connectivity index (χ0n) is 11.7. The average molecular weight is 282 g/mol. The fourth-order valence-electron chi connectivity index (χ4n) is 2.71. The second kappa shape index (κ2) is 5.77. The van der Waals surface area contributed by atoms with Crippen molar-refractivity contribution in [1.29, 1.82) is 0 Å². The Hall–Kier alpha value is -1.65. The highest BCUT2D eigenvalue weighted by molar-refractivity contribution is 5.95.